The Hall–Kier alpha value is -1.56. The zero-order chi connectivity index (χ0) is 18.5. The summed E-state index contributed by atoms with van der Waals surface area (Å²) in [6, 6.07) is 2.52. The van der Waals surface area contributed by atoms with E-state index >= 15 is 0 Å². The van der Waals surface area contributed by atoms with E-state index in [4.69, 9.17) is 0 Å². The largest absolute Gasteiger partial charge is 0.338 e. The number of rotatable bonds is 6. The first-order valence-corrected chi connectivity index (χ1v) is 10.3. The van der Waals surface area contributed by atoms with Crippen LogP contribution in [0.2, 0.25) is 0 Å². The maximum absolute atomic E-state index is 12.5. The first kappa shape index (κ1) is 19.2. The Morgan fingerprint density at radius 1 is 1.23 bits per heavy atom. The fourth-order valence-electron chi connectivity index (χ4n) is 4.45. The number of likely N-dealkylation sites (tertiary alicyclic amines) is 2. The lowest BCUT2D eigenvalue weighted by molar-refractivity contribution is 0.177. The van der Waals surface area contributed by atoms with Gasteiger partial charge in [-0.1, -0.05) is 6.92 Å². The second-order valence-corrected chi connectivity index (χ2v) is 8.07. The predicted octanol–water partition coefficient (Wildman–Crippen LogP) is 2.97. The topological polar surface area (TPSA) is 53.4 Å². The van der Waals surface area contributed by atoms with E-state index in [2.05, 4.69) is 39.9 Å². The van der Waals surface area contributed by atoms with Crippen LogP contribution >= 0.6 is 0 Å². The molecule has 1 aromatic rings. The Labute approximate surface area is 157 Å². The number of aromatic nitrogens is 2. The van der Waals surface area contributed by atoms with Crippen LogP contribution in [0.25, 0.3) is 0 Å². The number of carbonyl (C=O) groups is 1. The fraction of sp³-hybridized carbons (Fsp3) is 0.800. The second kappa shape index (κ2) is 8.89. The smallest absolute Gasteiger partial charge is 0.317 e. The Balaban J connectivity index is 1.36. The molecule has 2 amide bonds. The third-order valence-corrected chi connectivity index (χ3v) is 5.92. The molecule has 2 fully saturated rings. The van der Waals surface area contributed by atoms with Crippen LogP contribution in [-0.4, -0.2) is 64.9 Å². The van der Waals surface area contributed by atoms with Crippen molar-refractivity contribution in [2.45, 2.75) is 58.9 Å². The van der Waals surface area contributed by atoms with Crippen molar-refractivity contribution in [3.05, 3.63) is 17.5 Å². The molecule has 0 unspecified atom stereocenters. The van der Waals surface area contributed by atoms with Crippen molar-refractivity contribution in [3.63, 3.8) is 0 Å². The van der Waals surface area contributed by atoms with Crippen LogP contribution < -0.4 is 5.32 Å². The van der Waals surface area contributed by atoms with E-state index in [1.165, 1.54) is 44.6 Å². The lowest BCUT2D eigenvalue weighted by Gasteiger charge is -2.31. The van der Waals surface area contributed by atoms with Crippen LogP contribution in [0.3, 0.4) is 0 Å². The molecule has 26 heavy (non-hydrogen) atoms. The minimum Gasteiger partial charge on any atom is -0.338 e. The number of hydrogen-bond donors (Lipinski definition) is 1. The van der Waals surface area contributed by atoms with Gasteiger partial charge in [-0.3, -0.25) is 4.68 Å². The molecule has 0 spiro atoms. The zero-order valence-corrected chi connectivity index (χ0v) is 16.7. The van der Waals surface area contributed by atoms with Crippen molar-refractivity contribution in [2.24, 2.45) is 5.92 Å². The van der Waals surface area contributed by atoms with Gasteiger partial charge in [-0.15, -0.1) is 0 Å². The van der Waals surface area contributed by atoms with Gasteiger partial charge in [0.25, 0.3) is 0 Å². The first-order valence-electron chi connectivity index (χ1n) is 10.3. The number of amides is 2. The van der Waals surface area contributed by atoms with E-state index in [0.717, 1.165) is 44.1 Å². The summed E-state index contributed by atoms with van der Waals surface area (Å²) in [6.07, 6.45) is 5.90. The summed E-state index contributed by atoms with van der Waals surface area (Å²) in [7, 11) is 0. The summed E-state index contributed by atoms with van der Waals surface area (Å²) in [5.74, 6) is 0.768. The molecular formula is C20H35N5O. The van der Waals surface area contributed by atoms with Gasteiger partial charge in [0.15, 0.2) is 0 Å². The summed E-state index contributed by atoms with van der Waals surface area (Å²) in [5.41, 5.74) is 2.24. The van der Waals surface area contributed by atoms with Crippen molar-refractivity contribution in [1.82, 2.24) is 24.9 Å². The second-order valence-electron chi connectivity index (χ2n) is 8.07. The van der Waals surface area contributed by atoms with Gasteiger partial charge in [0.1, 0.15) is 0 Å². The molecule has 2 aliphatic heterocycles. The number of urea groups is 1. The highest BCUT2D eigenvalue weighted by Crippen LogP contribution is 2.23. The van der Waals surface area contributed by atoms with Gasteiger partial charge < -0.3 is 15.1 Å². The van der Waals surface area contributed by atoms with E-state index in [1.807, 2.05) is 11.8 Å². The van der Waals surface area contributed by atoms with E-state index < -0.39 is 0 Å². The minimum atomic E-state index is 0.0949. The van der Waals surface area contributed by atoms with Gasteiger partial charge >= 0.3 is 6.03 Å². The van der Waals surface area contributed by atoms with Gasteiger partial charge in [-0.2, -0.15) is 5.10 Å². The molecular weight excluding hydrogens is 326 g/mol. The molecule has 2 aliphatic rings. The molecule has 2 saturated heterocycles. The van der Waals surface area contributed by atoms with E-state index in [1.54, 1.807) is 0 Å². The lowest BCUT2D eigenvalue weighted by atomic mass is 9.93. The summed E-state index contributed by atoms with van der Waals surface area (Å²) in [4.78, 5) is 17.0. The molecule has 0 aliphatic carbocycles. The normalized spacial score (nSPS) is 22.1. The molecule has 6 heteroatoms. The molecule has 0 saturated carbocycles. The quantitative estimate of drug-likeness (QED) is 0.847. The minimum absolute atomic E-state index is 0.0949. The van der Waals surface area contributed by atoms with Crippen LogP contribution in [0.1, 0.15) is 56.5 Å². The van der Waals surface area contributed by atoms with Gasteiger partial charge in [0.2, 0.25) is 0 Å². The number of carbonyl (C=O) groups excluding carboxylic acids is 1. The van der Waals surface area contributed by atoms with E-state index in [-0.39, 0.29) is 6.03 Å². The number of nitrogens with one attached hydrogen (secondary N) is 1. The summed E-state index contributed by atoms with van der Waals surface area (Å²) < 4.78 is 2.09. The van der Waals surface area contributed by atoms with Crippen LogP contribution in [0.15, 0.2) is 6.07 Å². The standard InChI is InChI=1S/C20H35N5O/c1-4-10-23-11-6-18(7-12-23)5-9-21-20(26)24-13-8-19(15-24)25-17(3)14-16(2)22-25/h14,18-19H,4-13,15H2,1-3H3,(H,21,26)/t19-/m0/s1. The van der Waals surface area contributed by atoms with Crippen LogP contribution in [-0.2, 0) is 0 Å². The average Bonchev–Trinajstić information content (AvgIpc) is 3.23. The van der Waals surface area contributed by atoms with Crippen LogP contribution in [0.5, 0.6) is 0 Å². The molecule has 0 radical (unpaired) electrons. The Kier molecular flexibility index (Phi) is 6.57. The van der Waals surface area contributed by atoms with E-state index in [9.17, 15) is 4.79 Å². The van der Waals surface area contributed by atoms with Crippen LogP contribution in [0, 0.1) is 19.8 Å². The highest BCUT2D eigenvalue weighted by molar-refractivity contribution is 5.74. The van der Waals surface area contributed by atoms with Gasteiger partial charge in [0, 0.05) is 25.3 Å². The Morgan fingerprint density at radius 3 is 2.65 bits per heavy atom. The third kappa shape index (κ3) is 4.78. The molecule has 6 nitrogen and oxygen atoms in total. The average molecular weight is 362 g/mol. The molecule has 0 bridgehead atoms. The van der Waals surface area contributed by atoms with Gasteiger partial charge in [0.05, 0.1) is 11.7 Å². The summed E-state index contributed by atoms with van der Waals surface area (Å²) >= 11 is 0. The van der Waals surface area contributed by atoms with Crippen LogP contribution in [0.4, 0.5) is 4.79 Å². The fourth-order valence-corrected chi connectivity index (χ4v) is 4.45. The summed E-state index contributed by atoms with van der Waals surface area (Å²) in [6.45, 7) is 12.4. The molecule has 146 valence electrons. The van der Waals surface area contributed by atoms with Gasteiger partial charge in [-0.25, -0.2) is 4.79 Å². The number of nitrogens with zero attached hydrogens (tertiary/aromatic N) is 4. The third-order valence-electron chi connectivity index (χ3n) is 5.92. The SMILES string of the molecule is CCCN1CCC(CCNC(=O)N2CC[C@H](n3nc(C)cc3C)C2)CC1. The highest BCUT2D eigenvalue weighted by Gasteiger charge is 2.28. The monoisotopic (exact) mass is 361 g/mol. The highest BCUT2D eigenvalue weighted by atomic mass is 16.2. The Bertz CT molecular complexity index is 591. The van der Waals surface area contributed by atoms with Crippen molar-refractivity contribution in [2.75, 3.05) is 39.3 Å². The maximum Gasteiger partial charge on any atom is 0.317 e. The number of aryl methyl sites for hydroxylation is 2. The summed E-state index contributed by atoms with van der Waals surface area (Å²) in [5, 5.41) is 7.73. The van der Waals surface area contributed by atoms with Crippen molar-refractivity contribution in [3.8, 4) is 0 Å². The molecule has 1 N–H and O–H groups in total. The number of hydrogen-bond acceptors (Lipinski definition) is 3. The molecule has 3 heterocycles. The zero-order valence-electron chi connectivity index (χ0n) is 16.7. The Morgan fingerprint density at radius 2 is 2.00 bits per heavy atom. The molecule has 1 atom stereocenters. The van der Waals surface area contributed by atoms with Crippen molar-refractivity contribution >= 4 is 6.03 Å². The predicted molar refractivity (Wildman–Crippen MR) is 104 cm³/mol. The molecule has 3 rings (SSSR count). The van der Waals surface area contributed by atoms with E-state index in [0.29, 0.717) is 6.04 Å². The van der Waals surface area contributed by atoms with Gasteiger partial charge in [-0.05, 0) is 77.6 Å². The maximum atomic E-state index is 12.5. The molecule has 0 aromatic carbocycles. The van der Waals surface area contributed by atoms with Crippen molar-refractivity contribution < 1.29 is 4.79 Å². The van der Waals surface area contributed by atoms with Crippen molar-refractivity contribution in [1.29, 1.82) is 0 Å². The first-order chi connectivity index (χ1) is 12.6. The lowest BCUT2D eigenvalue weighted by Crippen LogP contribution is -2.40. The molecule has 1 aromatic heterocycles. The number of piperidine rings is 1.